The molecule has 0 radical (unpaired) electrons. The smallest absolute Gasteiger partial charge is 0.0992 e. The van der Waals surface area contributed by atoms with E-state index in [9.17, 15) is 5.11 Å². The van der Waals surface area contributed by atoms with Crippen LogP contribution >= 0.6 is 0 Å². The van der Waals surface area contributed by atoms with Gasteiger partial charge in [0.05, 0.1) is 17.7 Å². The first kappa shape index (κ1) is 13.1. The van der Waals surface area contributed by atoms with Crippen LogP contribution in [-0.4, -0.2) is 12.2 Å². The van der Waals surface area contributed by atoms with Crippen LogP contribution in [0.2, 0.25) is 0 Å². The largest absolute Gasteiger partial charge is 0.389 e. The van der Waals surface area contributed by atoms with Gasteiger partial charge in [0.2, 0.25) is 0 Å². The number of aliphatic hydroxyl groups is 1. The Bertz CT molecular complexity index is 597. The van der Waals surface area contributed by atoms with Gasteiger partial charge >= 0.3 is 0 Å². The highest BCUT2D eigenvalue weighted by atomic mass is 16.3. The number of hydrogen-bond acceptors (Lipinski definition) is 3. The van der Waals surface area contributed by atoms with E-state index in [2.05, 4.69) is 6.07 Å². The third-order valence-corrected chi connectivity index (χ3v) is 3.13. The second-order valence-corrected chi connectivity index (χ2v) is 4.49. The highest BCUT2D eigenvalue weighted by molar-refractivity contribution is 5.64. The summed E-state index contributed by atoms with van der Waals surface area (Å²) in [5.74, 6) is 0. The van der Waals surface area contributed by atoms with E-state index >= 15 is 0 Å². The second-order valence-electron chi connectivity index (χ2n) is 4.49. The predicted octanol–water partition coefficient (Wildman–Crippen LogP) is 3.38. The van der Waals surface area contributed by atoms with Gasteiger partial charge in [0, 0.05) is 18.4 Å². The molecule has 2 rings (SSSR count). The van der Waals surface area contributed by atoms with Gasteiger partial charge in [-0.05, 0) is 42.8 Å². The molecule has 0 fully saturated rings. The lowest BCUT2D eigenvalue weighted by atomic mass is 10.1. The number of rotatable bonds is 3. The van der Waals surface area contributed by atoms with Gasteiger partial charge in [-0.2, -0.15) is 5.26 Å². The van der Waals surface area contributed by atoms with Gasteiger partial charge in [0.15, 0.2) is 0 Å². The highest BCUT2D eigenvalue weighted by Crippen LogP contribution is 2.25. The number of hydrogen-bond donors (Lipinski definition) is 1. The maximum atomic E-state index is 9.49. The van der Waals surface area contributed by atoms with Crippen molar-refractivity contribution in [2.24, 2.45) is 0 Å². The van der Waals surface area contributed by atoms with E-state index in [0.29, 0.717) is 5.56 Å². The Hall–Kier alpha value is -2.31. The van der Waals surface area contributed by atoms with Crippen molar-refractivity contribution in [1.29, 1.82) is 5.26 Å². The van der Waals surface area contributed by atoms with Crippen LogP contribution in [0.15, 0.2) is 48.5 Å². The Morgan fingerprint density at radius 2 is 1.79 bits per heavy atom. The summed E-state index contributed by atoms with van der Waals surface area (Å²) in [5.41, 5.74) is 3.51. The normalized spacial score (nSPS) is 11.7. The van der Waals surface area contributed by atoms with Crippen molar-refractivity contribution in [3.63, 3.8) is 0 Å². The van der Waals surface area contributed by atoms with Crippen LogP contribution < -0.4 is 4.90 Å². The van der Waals surface area contributed by atoms with Gasteiger partial charge in [-0.15, -0.1) is 0 Å². The molecule has 0 aromatic heterocycles. The topological polar surface area (TPSA) is 47.3 Å². The van der Waals surface area contributed by atoms with Crippen LogP contribution in [0.4, 0.5) is 11.4 Å². The number of aliphatic hydroxyl groups excluding tert-OH is 1. The zero-order chi connectivity index (χ0) is 13.8. The van der Waals surface area contributed by atoms with E-state index in [-0.39, 0.29) is 0 Å². The maximum Gasteiger partial charge on any atom is 0.0992 e. The van der Waals surface area contributed by atoms with Crippen molar-refractivity contribution < 1.29 is 5.11 Å². The first-order valence-corrected chi connectivity index (χ1v) is 6.13. The lowest BCUT2D eigenvalue weighted by molar-refractivity contribution is 0.199. The number of nitrogens with zero attached hydrogens (tertiary/aromatic N) is 2. The van der Waals surface area contributed by atoms with Crippen molar-refractivity contribution in [3.05, 3.63) is 59.7 Å². The Morgan fingerprint density at radius 3 is 2.37 bits per heavy atom. The summed E-state index contributed by atoms with van der Waals surface area (Å²) in [7, 11) is 1.95. The molecule has 96 valence electrons. The highest BCUT2D eigenvalue weighted by Gasteiger charge is 2.06. The van der Waals surface area contributed by atoms with E-state index in [0.717, 1.165) is 16.9 Å². The minimum atomic E-state index is -0.457. The Kier molecular flexibility index (Phi) is 3.84. The maximum absolute atomic E-state index is 9.49. The van der Waals surface area contributed by atoms with Crippen LogP contribution in [0.5, 0.6) is 0 Å². The molecule has 0 spiro atoms. The summed E-state index contributed by atoms with van der Waals surface area (Å²) < 4.78 is 0. The molecule has 0 aliphatic carbocycles. The summed E-state index contributed by atoms with van der Waals surface area (Å²) >= 11 is 0. The SMILES string of the molecule is CC(O)c1ccc(N(C)c2cccc(C#N)c2)cc1. The molecule has 0 amide bonds. The van der Waals surface area contributed by atoms with Gasteiger partial charge in [-0.3, -0.25) is 0 Å². The van der Waals surface area contributed by atoms with Crippen molar-refractivity contribution in [2.45, 2.75) is 13.0 Å². The van der Waals surface area contributed by atoms with Gasteiger partial charge in [0.25, 0.3) is 0 Å². The molecule has 0 aliphatic heterocycles. The summed E-state index contributed by atoms with van der Waals surface area (Å²) in [6.45, 7) is 1.75. The third-order valence-electron chi connectivity index (χ3n) is 3.13. The molecule has 3 heteroatoms. The molecule has 19 heavy (non-hydrogen) atoms. The molecule has 0 bridgehead atoms. The molecule has 0 heterocycles. The fraction of sp³-hybridized carbons (Fsp3) is 0.188. The fourth-order valence-electron chi connectivity index (χ4n) is 1.91. The van der Waals surface area contributed by atoms with E-state index in [1.165, 1.54) is 0 Å². The number of anilines is 2. The van der Waals surface area contributed by atoms with Crippen molar-refractivity contribution >= 4 is 11.4 Å². The van der Waals surface area contributed by atoms with E-state index in [1.807, 2.05) is 54.4 Å². The molecular weight excluding hydrogens is 236 g/mol. The van der Waals surface area contributed by atoms with E-state index in [4.69, 9.17) is 5.26 Å². The van der Waals surface area contributed by atoms with Crippen LogP contribution in [0.1, 0.15) is 24.2 Å². The van der Waals surface area contributed by atoms with Gasteiger partial charge < -0.3 is 10.0 Å². The quantitative estimate of drug-likeness (QED) is 0.911. The summed E-state index contributed by atoms with van der Waals surface area (Å²) in [6.07, 6.45) is -0.457. The number of nitriles is 1. The van der Waals surface area contributed by atoms with Gasteiger partial charge in [-0.1, -0.05) is 18.2 Å². The molecule has 0 saturated carbocycles. The number of benzene rings is 2. The Morgan fingerprint density at radius 1 is 1.11 bits per heavy atom. The molecule has 2 aromatic carbocycles. The lowest BCUT2D eigenvalue weighted by Gasteiger charge is -2.20. The molecule has 0 aliphatic rings. The lowest BCUT2D eigenvalue weighted by Crippen LogP contribution is -2.09. The molecule has 1 unspecified atom stereocenters. The van der Waals surface area contributed by atoms with Crippen molar-refractivity contribution in [1.82, 2.24) is 0 Å². The molecular formula is C16H16N2O. The van der Waals surface area contributed by atoms with Crippen molar-refractivity contribution in [3.8, 4) is 6.07 Å². The average Bonchev–Trinajstić information content (AvgIpc) is 2.46. The zero-order valence-electron chi connectivity index (χ0n) is 11.0. The van der Waals surface area contributed by atoms with Crippen LogP contribution in [0.25, 0.3) is 0 Å². The first-order chi connectivity index (χ1) is 9.11. The van der Waals surface area contributed by atoms with Gasteiger partial charge in [-0.25, -0.2) is 0 Å². The minimum Gasteiger partial charge on any atom is -0.389 e. The van der Waals surface area contributed by atoms with Gasteiger partial charge in [0.1, 0.15) is 0 Å². The molecule has 1 N–H and O–H groups in total. The molecule has 1 atom stereocenters. The zero-order valence-corrected chi connectivity index (χ0v) is 11.0. The first-order valence-electron chi connectivity index (χ1n) is 6.13. The van der Waals surface area contributed by atoms with Crippen LogP contribution in [-0.2, 0) is 0 Å². The average molecular weight is 252 g/mol. The van der Waals surface area contributed by atoms with E-state index < -0.39 is 6.10 Å². The third kappa shape index (κ3) is 2.93. The van der Waals surface area contributed by atoms with Crippen molar-refractivity contribution in [2.75, 3.05) is 11.9 Å². The second kappa shape index (κ2) is 5.55. The summed E-state index contributed by atoms with van der Waals surface area (Å²) in [6, 6.07) is 17.3. The molecule has 2 aromatic rings. The van der Waals surface area contributed by atoms with E-state index in [1.54, 1.807) is 13.0 Å². The molecule has 0 saturated heterocycles. The minimum absolute atomic E-state index is 0.457. The Labute approximate surface area is 113 Å². The molecule has 3 nitrogen and oxygen atoms in total. The van der Waals surface area contributed by atoms with Crippen LogP contribution in [0.3, 0.4) is 0 Å². The monoisotopic (exact) mass is 252 g/mol. The van der Waals surface area contributed by atoms with Crippen LogP contribution in [0, 0.1) is 11.3 Å². The summed E-state index contributed by atoms with van der Waals surface area (Å²) in [4.78, 5) is 2.01. The predicted molar refractivity (Wildman–Crippen MR) is 76.3 cm³/mol. The standard InChI is InChI=1S/C16H16N2O/c1-12(19)14-6-8-15(9-7-14)18(2)16-5-3-4-13(10-16)11-17/h3-10,12,19H,1-2H3. The fourth-order valence-corrected chi connectivity index (χ4v) is 1.91. The summed E-state index contributed by atoms with van der Waals surface area (Å²) in [5, 5.41) is 18.4. The Balaban J connectivity index is 2.28.